The molecule has 1 aliphatic heterocycles. The molecule has 0 aromatic heterocycles. The first-order valence-electron chi connectivity index (χ1n) is 9.22. The van der Waals surface area contributed by atoms with Gasteiger partial charge in [0.05, 0.1) is 33.8 Å². The first-order valence-corrected chi connectivity index (χ1v) is 9.22. The second-order valence-corrected chi connectivity index (χ2v) is 6.89. The molecule has 1 aromatic carbocycles. The highest BCUT2D eigenvalue weighted by molar-refractivity contribution is 5.96. The lowest BCUT2D eigenvalue weighted by atomic mass is 9.87. The Morgan fingerprint density at radius 1 is 1.07 bits per heavy atom. The smallest absolute Gasteiger partial charge is 0.237 e. The lowest BCUT2D eigenvalue weighted by molar-refractivity contribution is -0.129. The summed E-state index contributed by atoms with van der Waals surface area (Å²) in [6.45, 7) is 0. The summed E-state index contributed by atoms with van der Waals surface area (Å²) in [6, 6.07) is 3.22. The second-order valence-electron chi connectivity index (χ2n) is 6.89. The molecule has 148 valence electrons. The molecule has 0 radical (unpaired) electrons. The van der Waals surface area contributed by atoms with E-state index in [9.17, 15) is 9.59 Å². The maximum absolute atomic E-state index is 12.5. The van der Waals surface area contributed by atoms with E-state index in [0.29, 0.717) is 22.9 Å². The Hall–Kier alpha value is -2.48. The van der Waals surface area contributed by atoms with E-state index >= 15 is 0 Å². The third-order valence-corrected chi connectivity index (χ3v) is 5.16. The molecule has 3 rings (SSSR count). The third kappa shape index (κ3) is 4.27. The van der Waals surface area contributed by atoms with Crippen LogP contribution in [0.25, 0.3) is 0 Å². The Morgan fingerprint density at radius 2 is 1.70 bits per heavy atom. The molecule has 2 fully saturated rings. The van der Waals surface area contributed by atoms with Gasteiger partial charge in [0.15, 0.2) is 11.5 Å². The summed E-state index contributed by atoms with van der Waals surface area (Å²) in [7, 11) is 4.55. The van der Waals surface area contributed by atoms with E-state index in [4.69, 9.17) is 14.2 Å². The first kappa shape index (κ1) is 19.3. The number of hydrogen-bond acceptors (Lipinski definition) is 6. The van der Waals surface area contributed by atoms with E-state index in [0.717, 1.165) is 25.7 Å². The van der Waals surface area contributed by atoms with Crippen LogP contribution in [-0.2, 0) is 9.59 Å². The summed E-state index contributed by atoms with van der Waals surface area (Å²) in [5.41, 5.74) is 0.515. The molecular weight excluding hydrogens is 350 g/mol. The number of hydrogen-bond donors (Lipinski definition) is 3. The van der Waals surface area contributed by atoms with Gasteiger partial charge in [-0.25, -0.2) is 0 Å². The second kappa shape index (κ2) is 8.47. The highest BCUT2D eigenvalue weighted by Gasteiger charge is 2.37. The van der Waals surface area contributed by atoms with Crippen molar-refractivity contribution in [2.45, 2.75) is 50.2 Å². The zero-order chi connectivity index (χ0) is 19.4. The monoisotopic (exact) mass is 377 g/mol. The van der Waals surface area contributed by atoms with Crippen LogP contribution in [0, 0.1) is 0 Å². The molecule has 3 N–H and O–H groups in total. The molecule has 0 spiro atoms. The van der Waals surface area contributed by atoms with Crippen molar-refractivity contribution < 1.29 is 23.8 Å². The number of benzene rings is 1. The number of carbonyl (C=O) groups is 2. The molecule has 2 aliphatic rings. The van der Waals surface area contributed by atoms with Crippen molar-refractivity contribution in [3.05, 3.63) is 12.1 Å². The Bertz CT molecular complexity index is 684. The first-order chi connectivity index (χ1) is 13.0. The number of nitrogens with one attached hydrogen (secondary N) is 3. The fraction of sp³-hybridized carbons (Fsp3) is 0.579. The molecular formula is C19H27N3O5. The van der Waals surface area contributed by atoms with Gasteiger partial charge in [-0.15, -0.1) is 0 Å². The largest absolute Gasteiger partial charge is 0.493 e. The number of anilines is 1. The maximum Gasteiger partial charge on any atom is 0.237 e. The maximum atomic E-state index is 12.5. The van der Waals surface area contributed by atoms with Gasteiger partial charge in [-0.2, -0.15) is 0 Å². The summed E-state index contributed by atoms with van der Waals surface area (Å²) >= 11 is 0. The van der Waals surface area contributed by atoms with Gasteiger partial charge in [-0.3, -0.25) is 9.59 Å². The average Bonchev–Trinajstić information content (AvgIpc) is 2.67. The Kier molecular flexibility index (Phi) is 6.05. The van der Waals surface area contributed by atoms with Crippen molar-refractivity contribution in [1.29, 1.82) is 0 Å². The van der Waals surface area contributed by atoms with Crippen molar-refractivity contribution in [2.24, 2.45) is 0 Å². The van der Waals surface area contributed by atoms with Crippen LogP contribution in [0.3, 0.4) is 0 Å². The normalized spacial score (nSPS) is 24.4. The van der Waals surface area contributed by atoms with Crippen LogP contribution in [0.15, 0.2) is 12.1 Å². The summed E-state index contributed by atoms with van der Waals surface area (Å²) in [4.78, 5) is 24.8. The summed E-state index contributed by atoms with van der Waals surface area (Å²) in [5, 5.41) is 9.20. The number of rotatable bonds is 6. The van der Waals surface area contributed by atoms with E-state index in [1.807, 2.05) is 0 Å². The lowest BCUT2D eigenvalue weighted by Crippen LogP contribution is -2.65. The molecule has 1 saturated carbocycles. The van der Waals surface area contributed by atoms with Crippen molar-refractivity contribution >= 4 is 17.5 Å². The van der Waals surface area contributed by atoms with Gasteiger partial charge in [0.25, 0.3) is 0 Å². The number of fused-ring (bicyclic) bond motifs is 1. The topological polar surface area (TPSA) is 97.9 Å². The number of methoxy groups -OCH3 is 3. The predicted octanol–water partition coefficient (Wildman–Crippen LogP) is 1.44. The molecule has 0 unspecified atom stereocenters. The van der Waals surface area contributed by atoms with Crippen molar-refractivity contribution in [1.82, 2.24) is 10.6 Å². The molecule has 8 heteroatoms. The third-order valence-electron chi connectivity index (χ3n) is 5.16. The number of ether oxygens (including phenoxy) is 3. The zero-order valence-electron chi connectivity index (χ0n) is 16.0. The number of piperazine rings is 1. The fourth-order valence-corrected chi connectivity index (χ4v) is 3.82. The minimum absolute atomic E-state index is 0.0612. The van der Waals surface area contributed by atoms with E-state index in [1.54, 1.807) is 12.1 Å². The molecule has 2 amide bonds. The Labute approximate surface area is 158 Å². The van der Waals surface area contributed by atoms with Crippen molar-refractivity contribution in [2.75, 3.05) is 26.6 Å². The van der Waals surface area contributed by atoms with Gasteiger partial charge in [-0.05, 0) is 12.8 Å². The zero-order valence-corrected chi connectivity index (χ0v) is 16.0. The van der Waals surface area contributed by atoms with Crippen LogP contribution in [0.1, 0.15) is 32.1 Å². The number of amides is 2. The molecule has 0 bridgehead atoms. The van der Waals surface area contributed by atoms with E-state index in [-0.39, 0.29) is 30.3 Å². The van der Waals surface area contributed by atoms with Crippen LogP contribution in [-0.4, -0.2) is 51.3 Å². The van der Waals surface area contributed by atoms with E-state index in [2.05, 4.69) is 16.0 Å². The van der Waals surface area contributed by atoms with Gasteiger partial charge in [0, 0.05) is 29.9 Å². The van der Waals surface area contributed by atoms with Gasteiger partial charge in [0.2, 0.25) is 17.6 Å². The van der Waals surface area contributed by atoms with Crippen molar-refractivity contribution in [3.8, 4) is 17.2 Å². The van der Waals surface area contributed by atoms with Gasteiger partial charge in [0.1, 0.15) is 0 Å². The summed E-state index contributed by atoms with van der Waals surface area (Å²) in [6.07, 6.45) is 4.36. The molecule has 3 atom stereocenters. The summed E-state index contributed by atoms with van der Waals surface area (Å²) in [5.74, 6) is 0.982. The van der Waals surface area contributed by atoms with E-state index in [1.165, 1.54) is 21.3 Å². The lowest BCUT2D eigenvalue weighted by Gasteiger charge is -2.40. The van der Waals surface area contributed by atoms with Crippen LogP contribution < -0.4 is 30.2 Å². The standard InChI is InChI=1S/C19H27N3O5/c1-25-15-8-11(9-16(26-2)18(15)27-3)20-17(23)10-14-19(24)22-13-7-5-4-6-12(13)21-14/h8-9,12-14,21H,4-7,10H2,1-3H3,(H,20,23)(H,22,24)/t12-,13-,14+/m0/s1. The molecule has 1 aromatic rings. The fourth-order valence-electron chi connectivity index (χ4n) is 3.82. The van der Waals surface area contributed by atoms with Crippen LogP contribution in [0.5, 0.6) is 17.2 Å². The number of carbonyl (C=O) groups excluding carboxylic acids is 2. The Balaban J connectivity index is 1.66. The minimum Gasteiger partial charge on any atom is -0.493 e. The molecule has 1 saturated heterocycles. The average molecular weight is 377 g/mol. The van der Waals surface area contributed by atoms with Crippen LogP contribution in [0.2, 0.25) is 0 Å². The van der Waals surface area contributed by atoms with Crippen molar-refractivity contribution in [3.63, 3.8) is 0 Å². The van der Waals surface area contributed by atoms with Gasteiger partial charge in [-0.1, -0.05) is 12.8 Å². The van der Waals surface area contributed by atoms with Crippen LogP contribution >= 0.6 is 0 Å². The molecule has 1 heterocycles. The molecule has 1 aliphatic carbocycles. The summed E-state index contributed by atoms with van der Waals surface area (Å²) < 4.78 is 15.9. The Morgan fingerprint density at radius 3 is 2.30 bits per heavy atom. The van der Waals surface area contributed by atoms with E-state index < -0.39 is 6.04 Å². The molecule has 27 heavy (non-hydrogen) atoms. The van der Waals surface area contributed by atoms with Crippen LogP contribution in [0.4, 0.5) is 5.69 Å². The quantitative estimate of drug-likeness (QED) is 0.694. The highest BCUT2D eigenvalue weighted by Crippen LogP contribution is 2.40. The minimum atomic E-state index is -0.522. The van der Waals surface area contributed by atoms with Gasteiger partial charge < -0.3 is 30.2 Å². The molecule has 8 nitrogen and oxygen atoms in total. The predicted molar refractivity (Wildman–Crippen MR) is 100 cm³/mol. The SMILES string of the molecule is COc1cc(NC(=O)C[C@H]2N[C@H]3CCCC[C@@H]3NC2=O)cc(OC)c1OC. The van der Waals surface area contributed by atoms with Gasteiger partial charge >= 0.3 is 0 Å². The highest BCUT2D eigenvalue weighted by atomic mass is 16.5.